The number of halogens is 1. The van der Waals surface area contributed by atoms with E-state index < -0.39 is 0 Å². The van der Waals surface area contributed by atoms with Gasteiger partial charge in [0.1, 0.15) is 0 Å². The summed E-state index contributed by atoms with van der Waals surface area (Å²) in [5, 5.41) is 9.94. The topological polar surface area (TPSA) is 23.8 Å². The highest BCUT2D eigenvalue weighted by Crippen LogP contribution is 2.52. The van der Waals surface area contributed by atoms with Crippen molar-refractivity contribution in [2.24, 2.45) is 29.1 Å². The first-order valence-electron chi connectivity index (χ1n) is 9.68. The molecule has 0 N–H and O–H groups in total. The minimum absolute atomic E-state index is 0.0527. The van der Waals surface area contributed by atoms with Crippen LogP contribution in [0.15, 0.2) is 0 Å². The summed E-state index contributed by atoms with van der Waals surface area (Å²) in [6.45, 7) is 2.38. The van der Waals surface area contributed by atoms with E-state index in [0.29, 0.717) is 5.92 Å². The van der Waals surface area contributed by atoms with Crippen molar-refractivity contribution in [3.8, 4) is 6.07 Å². The zero-order valence-corrected chi connectivity index (χ0v) is 16.4. The van der Waals surface area contributed by atoms with Crippen molar-refractivity contribution in [1.29, 1.82) is 5.26 Å². The van der Waals surface area contributed by atoms with Crippen LogP contribution in [0.3, 0.4) is 0 Å². The van der Waals surface area contributed by atoms with E-state index in [2.05, 4.69) is 35.6 Å². The van der Waals surface area contributed by atoms with E-state index in [1.54, 1.807) is 0 Å². The molecular weight excluding hydrogens is 381 g/mol. The van der Waals surface area contributed by atoms with E-state index in [4.69, 9.17) is 0 Å². The molecule has 0 aromatic carbocycles. The Hall–Kier alpha value is 0.220. The smallest absolute Gasteiger partial charge is 0.0692 e. The number of nitriles is 1. The molecule has 0 aromatic heterocycles. The molecule has 0 heterocycles. The van der Waals surface area contributed by atoms with Crippen LogP contribution in [0.4, 0.5) is 0 Å². The summed E-state index contributed by atoms with van der Waals surface area (Å²) < 4.78 is 0.930. The molecule has 0 radical (unpaired) electrons. The van der Waals surface area contributed by atoms with Crippen molar-refractivity contribution in [1.82, 2.24) is 0 Å². The van der Waals surface area contributed by atoms with E-state index in [1.165, 1.54) is 77.0 Å². The Labute approximate surface area is 150 Å². The van der Waals surface area contributed by atoms with Crippen molar-refractivity contribution in [2.75, 3.05) is 0 Å². The maximum Gasteiger partial charge on any atom is 0.0692 e. The van der Waals surface area contributed by atoms with E-state index in [1.807, 2.05) is 0 Å². The van der Waals surface area contributed by atoms with Gasteiger partial charge in [0, 0.05) is 3.92 Å². The van der Waals surface area contributed by atoms with Gasteiger partial charge in [0.05, 0.1) is 11.5 Å². The minimum atomic E-state index is 0.0527. The van der Waals surface area contributed by atoms with E-state index in [0.717, 1.165) is 21.7 Å². The fourth-order valence-corrected chi connectivity index (χ4v) is 6.32. The molecule has 0 bridgehead atoms. The SMILES string of the molecule is CC1CCC(C2(C#N)CCC(C3CCC(I)CC3)CC2)CC1. The molecule has 0 saturated heterocycles. The van der Waals surface area contributed by atoms with E-state index >= 15 is 0 Å². The highest BCUT2D eigenvalue weighted by atomic mass is 127. The Bertz CT molecular complexity index is 388. The van der Waals surface area contributed by atoms with Gasteiger partial charge in [0.2, 0.25) is 0 Å². The van der Waals surface area contributed by atoms with Crippen LogP contribution in [0.5, 0.6) is 0 Å². The predicted octanol–water partition coefficient (Wildman–Crippen LogP) is 6.51. The highest BCUT2D eigenvalue weighted by Gasteiger charge is 2.44. The van der Waals surface area contributed by atoms with Crippen LogP contribution in [-0.4, -0.2) is 3.92 Å². The summed E-state index contributed by atoms with van der Waals surface area (Å²) in [6.07, 6.45) is 16.2. The maximum atomic E-state index is 9.94. The molecule has 0 amide bonds. The van der Waals surface area contributed by atoms with Crippen molar-refractivity contribution >= 4 is 22.6 Å². The summed E-state index contributed by atoms with van der Waals surface area (Å²) >= 11 is 2.64. The molecule has 3 saturated carbocycles. The molecular formula is C20H32IN. The molecule has 3 aliphatic carbocycles. The van der Waals surface area contributed by atoms with E-state index in [-0.39, 0.29) is 5.41 Å². The first kappa shape index (κ1) is 17.1. The summed E-state index contributed by atoms with van der Waals surface area (Å²) in [4.78, 5) is 0. The number of nitrogens with zero attached hydrogens (tertiary/aromatic N) is 1. The van der Waals surface area contributed by atoms with Gasteiger partial charge in [-0.3, -0.25) is 0 Å². The number of hydrogen-bond donors (Lipinski definition) is 0. The Kier molecular flexibility index (Phi) is 5.74. The zero-order valence-electron chi connectivity index (χ0n) is 14.2. The summed E-state index contributed by atoms with van der Waals surface area (Å²) in [5.74, 6) is 3.52. The third-order valence-corrected chi connectivity index (χ3v) is 8.56. The van der Waals surface area contributed by atoms with Gasteiger partial charge in [0.15, 0.2) is 0 Å². The van der Waals surface area contributed by atoms with E-state index in [9.17, 15) is 5.26 Å². The van der Waals surface area contributed by atoms with Gasteiger partial charge in [-0.05, 0) is 87.9 Å². The van der Waals surface area contributed by atoms with Crippen LogP contribution in [0.2, 0.25) is 0 Å². The second kappa shape index (κ2) is 7.41. The predicted molar refractivity (Wildman–Crippen MR) is 101 cm³/mol. The van der Waals surface area contributed by atoms with Crippen LogP contribution >= 0.6 is 22.6 Å². The second-order valence-corrected chi connectivity index (χ2v) is 10.3. The summed E-state index contributed by atoms with van der Waals surface area (Å²) in [7, 11) is 0. The fraction of sp³-hybridized carbons (Fsp3) is 0.950. The van der Waals surface area contributed by atoms with Gasteiger partial charge in [-0.1, -0.05) is 42.4 Å². The standard InChI is InChI=1S/C20H32IN/c1-15-2-6-18(7-3-15)20(14-22)12-10-17(11-13-20)16-4-8-19(21)9-5-16/h15-19H,2-13H2,1H3. The average Bonchev–Trinajstić information content (AvgIpc) is 2.56. The average molecular weight is 413 g/mol. The van der Waals surface area contributed by atoms with Gasteiger partial charge in [-0.15, -0.1) is 0 Å². The highest BCUT2D eigenvalue weighted by molar-refractivity contribution is 14.1. The lowest BCUT2D eigenvalue weighted by atomic mass is 9.58. The third kappa shape index (κ3) is 3.65. The molecule has 0 aliphatic heterocycles. The van der Waals surface area contributed by atoms with Crippen molar-refractivity contribution < 1.29 is 0 Å². The first-order chi connectivity index (χ1) is 10.6. The zero-order chi connectivity index (χ0) is 15.6. The van der Waals surface area contributed by atoms with Crippen molar-refractivity contribution in [3.05, 3.63) is 0 Å². The van der Waals surface area contributed by atoms with Crippen molar-refractivity contribution in [2.45, 2.75) is 87.9 Å². The lowest BCUT2D eigenvalue weighted by Crippen LogP contribution is -2.37. The number of rotatable bonds is 2. The van der Waals surface area contributed by atoms with Crippen molar-refractivity contribution in [3.63, 3.8) is 0 Å². The number of hydrogen-bond acceptors (Lipinski definition) is 1. The van der Waals surface area contributed by atoms with Gasteiger partial charge >= 0.3 is 0 Å². The molecule has 0 spiro atoms. The van der Waals surface area contributed by atoms with Crippen LogP contribution in [-0.2, 0) is 0 Å². The maximum absolute atomic E-state index is 9.94. The molecule has 3 rings (SSSR count). The molecule has 0 aromatic rings. The fourth-order valence-electron chi connectivity index (χ4n) is 5.60. The first-order valence-corrected chi connectivity index (χ1v) is 10.9. The largest absolute Gasteiger partial charge is 0.198 e. The lowest BCUT2D eigenvalue weighted by Gasteiger charge is -2.45. The van der Waals surface area contributed by atoms with Crippen LogP contribution in [0.1, 0.15) is 84.0 Å². The van der Waals surface area contributed by atoms with Gasteiger partial charge < -0.3 is 0 Å². The van der Waals surface area contributed by atoms with Gasteiger partial charge in [0.25, 0.3) is 0 Å². The molecule has 0 unspecified atom stereocenters. The second-order valence-electron chi connectivity index (χ2n) is 8.57. The molecule has 124 valence electrons. The Morgan fingerprint density at radius 1 is 0.818 bits per heavy atom. The molecule has 2 heteroatoms. The Balaban J connectivity index is 1.56. The molecule has 3 fully saturated rings. The van der Waals surface area contributed by atoms with Crippen LogP contribution in [0, 0.1) is 40.4 Å². The normalized spacial score (nSPS) is 46.9. The Morgan fingerprint density at radius 2 is 1.36 bits per heavy atom. The monoisotopic (exact) mass is 413 g/mol. The van der Waals surface area contributed by atoms with Crippen LogP contribution < -0.4 is 0 Å². The Morgan fingerprint density at radius 3 is 1.91 bits per heavy atom. The number of alkyl halides is 1. The van der Waals surface area contributed by atoms with Gasteiger partial charge in [-0.25, -0.2) is 0 Å². The summed E-state index contributed by atoms with van der Waals surface area (Å²) in [6, 6.07) is 2.83. The van der Waals surface area contributed by atoms with Crippen LogP contribution in [0.25, 0.3) is 0 Å². The van der Waals surface area contributed by atoms with Gasteiger partial charge in [-0.2, -0.15) is 5.26 Å². The molecule has 0 atom stereocenters. The minimum Gasteiger partial charge on any atom is -0.198 e. The lowest BCUT2D eigenvalue weighted by molar-refractivity contribution is 0.0682. The quantitative estimate of drug-likeness (QED) is 0.374. The summed E-state index contributed by atoms with van der Waals surface area (Å²) in [5.41, 5.74) is 0.0527. The molecule has 3 aliphatic rings. The molecule has 22 heavy (non-hydrogen) atoms. The third-order valence-electron chi connectivity index (χ3n) is 7.31. The molecule has 1 nitrogen and oxygen atoms in total.